The SMILES string of the molecule is Cc1cccc(C2=CN(Cc3ccccc3)CC2)c1. The van der Waals surface area contributed by atoms with Crippen molar-refractivity contribution in [2.75, 3.05) is 6.54 Å². The van der Waals surface area contributed by atoms with Gasteiger partial charge in [0.1, 0.15) is 0 Å². The largest absolute Gasteiger partial charge is 0.372 e. The Balaban J connectivity index is 1.74. The molecule has 1 aliphatic rings. The molecule has 0 saturated heterocycles. The minimum Gasteiger partial charge on any atom is -0.372 e. The molecule has 0 fully saturated rings. The summed E-state index contributed by atoms with van der Waals surface area (Å²) in [5.41, 5.74) is 5.54. The Morgan fingerprint density at radius 1 is 1.00 bits per heavy atom. The van der Waals surface area contributed by atoms with Crippen molar-refractivity contribution in [3.8, 4) is 0 Å². The fourth-order valence-corrected chi connectivity index (χ4v) is 2.62. The zero-order valence-corrected chi connectivity index (χ0v) is 11.3. The predicted octanol–water partition coefficient (Wildman–Crippen LogP) is 4.24. The van der Waals surface area contributed by atoms with Crippen LogP contribution in [0.3, 0.4) is 0 Å². The molecule has 1 aliphatic heterocycles. The summed E-state index contributed by atoms with van der Waals surface area (Å²) in [4.78, 5) is 2.41. The van der Waals surface area contributed by atoms with Crippen LogP contribution in [0.2, 0.25) is 0 Å². The Morgan fingerprint density at radius 2 is 1.84 bits per heavy atom. The Bertz CT molecular complexity index is 584. The zero-order chi connectivity index (χ0) is 13.1. The van der Waals surface area contributed by atoms with Gasteiger partial charge in [0, 0.05) is 19.3 Å². The Labute approximate surface area is 115 Å². The second-order valence-electron chi connectivity index (χ2n) is 5.23. The van der Waals surface area contributed by atoms with Gasteiger partial charge in [0.15, 0.2) is 0 Å². The summed E-state index contributed by atoms with van der Waals surface area (Å²) in [5, 5.41) is 0. The fraction of sp³-hybridized carbons (Fsp3) is 0.222. The third-order valence-electron chi connectivity index (χ3n) is 3.62. The summed E-state index contributed by atoms with van der Waals surface area (Å²) >= 11 is 0. The molecule has 1 heteroatoms. The predicted molar refractivity (Wildman–Crippen MR) is 80.6 cm³/mol. The number of benzene rings is 2. The highest BCUT2D eigenvalue weighted by Gasteiger charge is 2.13. The second kappa shape index (κ2) is 5.31. The van der Waals surface area contributed by atoms with E-state index < -0.39 is 0 Å². The maximum Gasteiger partial charge on any atom is 0.0424 e. The van der Waals surface area contributed by atoms with E-state index in [4.69, 9.17) is 0 Å². The second-order valence-corrected chi connectivity index (χ2v) is 5.23. The Kier molecular flexibility index (Phi) is 3.37. The maximum atomic E-state index is 2.41. The van der Waals surface area contributed by atoms with Crippen molar-refractivity contribution in [3.05, 3.63) is 77.5 Å². The van der Waals surface area contributed by atoms with Gasteiger partial charge in [-0.3, -0.25) is 0 Å². The summed E-state index contributed by atoms with van der Waals surface area (Å²) in [5.74, 6) is 0. The summed E-state index contributed by atoms with van der Waals surface area (Å²) in [6, 6.07) is 19.5. The van der Waals surface area contributed by atoms with Gasteiger partial charge < -0.3 is 4.90 Å². The van der Waals surface area contributed by atoms with E-state index in [-0.39, 0.29) is 0 Å². The molecule has 0 amide bonds. The van der Waals surface area contributed by atoms with Crippen LogP contribution in [0.25, 0.3) is 5.57 Å². The van der Waals surface area contributed by atoms with Gasteiger partial charge in [-0.05, 0) is 30.0 Å². The van der Waals surface area contributed by atoms with E-state index in [1.54, 1.807) is 0 Å². The average Bonchev–Trinajstić information content (AvgIpc) is 2.88. The molecular weight excluding hydrogens is 230 g/mol. The molecule has 19 heavy (non-hydrogen) atoms. The first-order valence-electron chi connectivity index (χ1n) is 6.87. The quantitative estimate of drug-likeness (QED) is 0.786. The van der Waals surface area contributed by atoms with Crippen molar-refractivity contribution in [1.82, 2.24) is 4.90 Å². The molecule has 0 bridgehead atoms. The van der Waals surface area contributed by atoms with Gasteiger partial charge >= 0.3 is 0 Å². The normalized spacial score (nSPS) is 14.6. The molecule has 0 radical (unpaired) electrons. The van der Waals surface area contributed by atoms with Crippen LogP contribution in [0, 0.1) is 6.92 Å². The van der Waals surface area contributed by atoms with Crippen molar-refractivity contribution >= 4 is 5.57 Å². The van der Waals surface area contributed by atoms with Gasteiger partial charge in [-0.2, -0.15) is 0 Å². The minimum atomic E-state index is 1.01. The first kappa shape index (κ1) is 12.0. The van der Waals surface area contributed by atoms with Gasteiger partial charge in [0.05, 0.1) is 0 Å². The molecule has 1 heterocycles. The van der Waals surface area contributed by atoms with Crippen LogP contribution in [0.5, 0.6) is 0 Å². The lowest BCUT2D eigenvalue weighted by molar-refractivity contribution is 0.400. The summed E-state index contributed by atoms with van der Waals surface area (Å²) in [7, 11) is 0. The van der Waals surface area contributed by atoms with E-state index >= 15 is 0 Å². The molecule has 3 rings (SSSR count). The van der Waals surface area contributed by atoms with Crippen LogP contribution in [0.15, 0.2) is 60.8 Å². The van der Waals surface area contributed by atoms with Gasteiger partial charge in [0.25, 0.3) is 0 Å². The minimum absolute atomic E-state index is 1.01. The lowest BCUT2D eigenvalue weighted by Gasteiger charge is -2.14. The fourth-order valence-electron chi connectivity index (χ4n) is 2.62. The van der Waals surface area contributed by atoms with E-state index in [2.05, 4.69) is 72.6 Å². The maximum absolute atomic E-state index is 2.41. The summed E-state index contributed by atoms with van der Waals surface area (Å²) in [6.07, 6.45) is 3.47. The van der Waals surface area contributed by atoms with E-state index in [1.807, 2.05) is 0 Å². The smallest absolute Gasteiger partial charge is 0.0424 e. The molecule has 0 unspecified atom stereocenters. The van der Waals surface area contributed by atoms with E-state index in [1.165, 1.54) is 22.3 Å². The summed E-state index contributed by atoms with van der Waals surface area (Å²) < 4.78 is 0. The molecule has 0 spiro atoms. The zero-order valence-electron chi connectivity index (χ0n) is 11.3. The third-order valence-corrected chi connectivity index (χ3v) is 3.62. The first-order chi connectivity index (χ1) is 9.31. The van der Waals surface area contributed by atoms with E-state index in [0.29, 0.717) is 0 Å². The van der Waals surface area contributed by atoms with E-state index in [9.17, 15) is 0 Å². The molecule has 0 aliphatic carbocycles. The van der Waals surface area contributed by atoms with Crippen molar-refractivity contribution in [2.24, 2.45) is 0 Å². The number of rotatable bonds is 3. The highest BCUT2D eigenvalue weighted by Crippen LogP contribution is 2.26. The Morgan fingerprint density at radius 3 is 2.63 bits per heavy atom. The molecule has 96 valence electrons. The molecule has 0 atom stereocenters. The van der Waals surface area contributed by atoms with Crippen molar-refractivity contribution in [1.29, 1.82) is 0 Å². The van der Waals surface area contributed by atoms with Crippen molar-refractivity contribution < 1.29 is 0 Å². The van der Waals surface area contributed by atoms with Gasteiger partial charge in [-0.25, -0.2) is 0 Å². The van der Waals surface area contributed by atoms with Crippen LogP contribution in [0.4, 0.5) is 0 Å². The Hall–Kier alpha value is -2.02. The van der Waals surface area contributed by atoms with Crippen LogP contribution in [-0.2, 0) is 6.54 Å². The molecule has 0 aromatic heterocycles. The lowest BCUT2D eigenvalue weighted by atomic mass is 10.0. The highest BCUT2D eigenvalue weighted by molar-refractivity contribution is 5.67. The van der Waals surface area contributed by atoms with Crippen LogP contribution >= 0.6 is 0 Å². The molecule has 1 nitrogen and oxygen atoms in total. The lowest BCUT2D eigenvalue weighted by Crippen LogP contribution is -2.13. The molecule has 2 aromatic carbocycles. The molecule has 0 N–H and O–H groups in total. The van der Waals surface area contributed by atoms with Gasteiger partial charge in [0.2, 0.25) is 0 Å². The van der Waals surface area contributed by atoms with Crippen molar-refractivity contribution in [3.63, 3.8) is 0 Å². The number of nitrogens with zero attached hydrogens (tertiary/aromatic N) is 1. The number of hydrogen-bond donors (Lipinski definition) is 0. The van der Waals surface area contributed by atoms with E-state index in [0.717, 1.165) is 19.5 Å². The number of aryl methyl sites for hydroxylation is 1. The molecule has 2 aromatic rings. The van der Waals surface area contributed by atoms with Crippen LogP contribution in [-0.4, -0.2) is 11.4 Å². The van der Waals surface area contributed by atoms with Gasteiger partial charge in [-0.15, -0.1) is 0 Å². The molecular formula is C18H19N. The highest BCUT2D eigenvalue weighted by atomic mass is 15.1. The topological polar surface area (TPSA) is 3.24 Å². The standard InChI is InChI=1S/C18H19N/c1-15-6-5-9-17(12-15)18-10-11-19(14-18)13-16-7-3-2-4-8-16/h2-9,12,14H,10-11,13H2,1H3. The van der Waals surface area contributed by atoms with Gasteiger partial charge in [-0.1, -0.05) is 60.2 Å². The number of hydrogen-bond acceptors (Lipinski definition) is 1. The average molecular weight is 249 g/mol. The monoisotopic (exact) mass is 249 g/mol. The van der Waals surface area contributed by atoms with Crippen molar-refractivity contribution in [2.45, 2.75) is 19.9 Å². The van der Waals surface area contributed by atoms with Crippen LogP contribution in [0.1, 0.15) is 23.1 Å². The third kappa shape index (κ3) is 2.87. The summed E-state index contributed by atoms with van der Waals surface area (Å²) in [6.45, 7) is 4.29. The van der Waals surface area contributed by atoms with Crippen LogP contribution < -0.4 is 0 Å². The molecule has 0 saturated carbocycles. The first-order valence-corrected chi connectivity index (χ1v) is 6.87.